The van der Waals surface area contributed by atoms with Crippen molar-refractivity contribution in [2.45, 2.75) is 90.4 Å². The van der Waals surface area contributed by atoms with Gasteiger partial charge in [-0.15, -0.1) is 0 Å². The summed E-state index contributed by atoms with van der Waals surface area (Å²) in [6.45, 7) is 14.1. The molecule has 0 saturated heterocycles. The highest BCUT2D eigenvalue weighted by molar-refractivity contribution is 7.22. The molecule has 0 amide bonds. The van der Waals surface area contributed by atoms with Crippen molar-refractivity contribution in [1.82, 2.24) is 0 Å². The van der Waals surface area contributed by atoms with Gasteiger partial charge >= 0.3 is 0 Å². The predicted octanol–water partition coefficient (Wildman–Crippen LogP) is 10.1. The fourth-order valence-electron chi connectivity index (χ4n) is 11.4. The average Bonchev–Trinajstić information content (AvgIpc) is 3.27. The van der Waals surface area contributed by atoms with Crippen LogP contribution in [-0.2, 0) is 10.8 Å². The van der Waals surface area contributed by atoms with Gasteiger partial charge in [0.1, 0.15) is 0 Å². The highest BCUT2D eigenvalue weighted by Gasteiger charge is 2.53. The molecule has 1 aliphatic carbocycles. The Labute approximate surface area is 359 Å². The quantitative estimate of drug-likeness (QED) is 0.164. The lowest BCUT2D eigenvalue weighted by Gasteiger charge is -2.51. The molecule has 11 rings (SSSR count). The number of rotatable bonds is 4. The molecule has 296 valence electrons. The Morgan fingerprint density at radius 2 is 1.07 bits per heavy atom. The van der Waals surface area contributed by atoms with Crippen molar-refractivity contribution in [2.75, 3.05) is 9.80 Å². The third kappa shape index (κ3) is 5.52. The zero-order valence-electron chi connectivity index (χ0n) is 36.1. The predicted molar refractivity (Wildman–Crippen MR) is 261 cm³/mol. The number of benzene rings is 7. The van der Waals surface area contributed by atoms with Crippen LogP contribution in [0.15, 0.2) is 158 Å². The van der Waals surface area contributed by atoms with Crippen LogP contribution in [-0.4, -0.2) is 14.8 Å². The summed E-state index contributed by atoms with van der Waals surface area (Å²) in [5.41, 5.74) is 16.5. The summed E-state index contributed by atoms with van der Waals surface area (Å²) in [5, 5.41) is 5.81. The summed E-state index contributed by atoms with van der Waals surface area (Å²) >= 11 is 0. The van der Waals surface area contributed by atoms with E-state index in [4.69, 9.17) is 0 Å². The Morgan fingerprint density at radius 3 is 1.72 bits per heavy atom. The molecular formula is C56H55BN2Si. The second-order valence-electron chi connectivity index (χ2n) is 20.0. The van der Waals surface area contributed by atoms with Gasteiger partial charge < -0.3 is 9.80 Å². The Balaban J connectivity index is 1.27. The van der Waals surface area contributed by atoms with Crippen LogP contribution in [0.5, 0.6) is 0 Å². The van der Waals surface area contributed by atoms with Crippen molar-refractivity contribution >= 4 is 86.0 Å². The lowest BCUT2D eigenvalue weighted by molar-refractivity contribution is 0.444. The van der Waals surface area contributed by atoms with Crippen molar-refractivity contribution < 1.29 is 0 Å². The largest absolute Gasteiger partial charge is 0.312 e. The van der Waals surface area contributed by atoms with Crippen LogP contribution in [0.2, 0.25) is 0 Å². The van der Waals surface area contributed by atoms with E-state index in [1.165, 1.54) is 120 Å². The number of nitrogens with zero attached hydrogens (tertiary/aromatic N) is 2. The van der Waals surface area contributed by atoms with Crippen molar-refractivity contribution in [2.24, 2.45) is 0 Å². The summed E-state index contributed by atoms with van der Waals surface area (Å²) < 4.78 is 0. The summed E-state index contributed by atoms with van der Waals surface area (Å²) in [5.74, 6) is 0.548. The summed E-state index contributed by atoms with van der Waals surface area (Å²) in [7, 11) is -2.81. The van der Waals surface area contributed by atoms with Crippen LogP contribution < -0.4 is 46.9 Å². The van der Waals surface area contributed by atoms with Gasteiger partial charge in [0, 0.05) is 34.1 Å². The Bertz CT molecular complexity index is 2730. The zero-order valence-corrected chi connectivity index (χ0v) is 37.1. The number of para-hydroxylation sites is 2. The molecule has 0 unspecified atom stereocenters. The number of hydrogen-bond donors (Lipinski definition) is 0. The minimum absolute atomic E-state index is 0.000603. The van der Waals surface area contributed by atoms with E-state index in [-0.39, 0.29) is 17.5 Å². The van der Waals surface area contributed by atoms with Gasteiger partial charge in [0.15, 0.2) is 8.07 Å². The fourth-order valence-corrected chi connectivity index (χ4v) is 16.6. The molecule has 2 nitrogen and oxygen atoms in total. The lowest BCUT2D eigenvalue weighted by atomic mass is 9.33. The normalized spacial score (nSPS) is 16.5. The first-order chi connectivity index (χ1) is 29.0. The zero-order chi connectivity index (χ0) is 41.0. The summed E-state index contributed by atoms with van der Waals surface area (Å²) in [4.78, 5) is 5.37. The molecule has 4 heteroatoms. The molecule has 0 N–H and O–H groups in total. The number of anilines is 6. The SMILES string of the molecule is CC(C)(C)c1ccc(N2c3ccc(C(C)(C)C)cc3B3c4cccc5c4N(c4ccccc4[Si]5(c4ccccc4)c4ccccc4)c4cc(C5CCCCC5)cc2c43)cc1. The monoisotopic (exact) mass is 794 g/mol. The van der Waals surface area contributed by atoms with E-state index in [9.17, 15) is 0 Å². The number of fused-ring (bicyclic) bond motifs is 6. The molecule has 1 saturated carbocycles. The van der Waals surface area contributed by atoms with Gasteiger partial charge in [-0.3, -0.25) is 0 Å². The first-order valence-electron chi connectivity index (χ1n) is 22.4. The average molecular weight is 795 g/mol. The molecule has 4 aliphatic rings. The molecule has 0 bridgehead atoms. The molecule has 7 aromatic carbocycles. The second-order valence-corrected chi connectivity index (χ2v) is 23.7. The molecule has 1 fully saturated rings. The topological polar surface area (TPSA) is 6.48 Å². The van der Waals surface area contributed by atoms with Gasteiger partial charge in [0.2, 0.25) is 0 Å². The van der Waals surface area contributed by atoms with Gasteiger partial charge in [-0.25, -0.2) is 0 Å². The lowest BCUT2D eigenvalue weighted by Crippen LogP contribution is -2.79. The maximum atomic E-state index is 2.73. The molecule has 3 heterocycles. The van der Waals surface area contributed by atoms with E-state index in [2.05, 4.69) is 209 Å². The third-order valence-electron chi connectivity index (χ3n) is 14.4. The van der Waals surface area contributed by atoms with E-state index in [0.717, 1.165) is 0 Å². The maximum Gasteiger partial charge on any atom is 0.252 e. The Hall–Kier alpha value is -5.58. The highest BCUT2D eigenvalue weighted by Crippen LogP contribution is 2.48. The minimum Gasteiger partial charge on any atom is -0.312 e. The van der Waals surface area contributed by atoms with Gasteiger partial charge in [-0.05, 0) is 120 Å². The smallest absolute Gasteiger partial charge is 0.252 e. The van der Waals surface area contributed by atoms with E-state index < -0.39 is 8.07 Å². The van der Waals surface area contributed by atoms with Gasteiger partial charge in [0.25, 0.3) is 6.71 Å². The fraction of sp³-hybridized carbons (Fsp3) is 0.250. The molecule has 0 aromatic heterocycles. The van der Waals surface area contributed by atoms with Crippen LogP contribution in [0.3, 0.4) is 0 Å². The van der Waals surface area contributed by atoms with Crippen LogP contribution >= 0.6 is 0 Å². The molecular weight excluding hydrogens is 740 g/mol. The van der Waals surface area contributed by atoms with Crippen LogP contribution in [0.1, 0.15) is 96.3 Å². The Kier molecular flexibility index (Phi) is 8.56. The molecule has 0 atom stereocenters. The second kappa shape index (κ2) is 13.7. The van der Waals surface area contributed by atoms with E-state index in [1.54, 1.807) is 0 Å². The van der Waals surface area contributed by atoms with Crippen LogP contribution in [0, 0.1) is 0 Å². The van der Waals surface area contributed by atoms with Crippen LogP contribution in [0.4, 0.5) is 34.1 Å². The van der Waals surface area contributed by atoms with E-state index >= 15 is 0 Å². The minimum atomic E-state index is -2.81. The molecule has 0 spiro atoms. The van der Waals surface area contributed by atoms with Crippen molar-refractivity contribution in [3.05, 3.63) is 174 Å². The highest BCUT2D eigenvalue weighted by atomic mass is 28.3. The Morgan fingerprint density at radius 1 is 0.483 bits per heavy atom. The van der Waals surface area contributed by atoms with Gasteiger partial charge in [-0.1, -0.05) is 182 Å². The van der Waals surface area contributed by atoms with Crippen LogP contribution in [0.25, 0.3) is 0 Å². The van der Waals surface area contributed by atoms with E-state index in [1.807, 2.05) is 0 Å². The summed E-state index contributed by atoms with van der Waals surface area (Å²) in [6, 6.07) is 62.0. The van der Waals surface area contributed by atoms with Gasteiger partial charge in [-0.2, -0.15) is 0 Å². The third-order valence-corrected chi connectivity index (χ3v) is 19.3. The molecule has 3 aliphatic heterocycles. The first-order valence-corrected chi connectivity index (χ1v) is 24.4. The first kappa shape index (κ1) is 37.4. The van der Waals surface area contributed by atoms with Crippen molar-refractivity contribution in [3.8, 4) is 0 Å². The van der Waals surface area contributed by atoms with E-state index in [0.29, 0.717) is 5.92 Å². The molecule has 7 aromatic rings. The van der Waals surface area contributed by atoms with Gasteiger partial charge in [0.05, 0.1) is 0 Å². The number of hydrogen-bond acceptors (Lipinski definition) is 2. The van der Waals surface area contributed by atoms with Crippen molar-refractivity contribution in [3.63, 3.8) is 0 Å². The molecule has 0 radical (unpaired) electrons. The standard InChI is InChI=1S/C56H55BN2Si/c1-55(2,3)40-29-32-42(33-30-40)58-47-34-31-41(56(4,5)6)37-46(47)57-45-25-18-28-52-54(45)59(50-36-39(35-49(58)53(50)57)38-19-10-7-11-20-38)48-26-16-17-27-51(48)60(52,43-21-12-8-13-22-43)44-23-14-9-15-24-44/h8-9,12-18,21-38H,7,10-11,19-20H2,1-6H3. The summed E-state index contributed by atoms with van der Waals surface area (Å²) in [6.07, 6.45) is 6.46. The maximum absolute atomic E-state index is 2.81. The van der Waals surface area contributed by atoms with Crippen molar-refractivity contribution in [1.29, 1.82) is 0 Å². The molecule has 60 heavy (non-hydrogen) atoms.